The van der Waals surface area contributed by atoms with Crippen LogP contribution in [0, 0.1) is 6.92 Å². The standard InChI is InChI=1S/C19H26BNO2/c1-7-8-14-11-15-12-16(9-10-17(15)21-13(14)2)20-22-18(3,4)19(5,6)23-20/h9-12H,7-8H2,1-6H3. The molecular formula is C19H26BNO2. The maximum Gasteiger partial charge on any atom is 0.494 e. The van der Waals surface area contributed by atoms with Gasteiger partial charge in [-0.1, -0.05) is 25.5 Å². The summed E-state index contributed by atoms with van der Waals surface area (Å²) in [6.45, 7) is 12.6. The molecule has 0 N–H and O–H groups in total. The van der Waals surface area contributed by atoms with Crippen molar-refractivity contribution in [2.45, 2.75) is 65.6 Å². The average molecular weight is 311 g/mol. The van der Waals surface area contributed by atoms with Gasteiger partial charge in [0, 0.05) is 11.1 Å². The van der Waals surface area contributed by atoms with Crippen LogP contribution in [-0.2, 0) is 15.7 Å². The molecule has 1 aliphatic rings. The van der Waals surface area contributed by atoms with Crippen LogP contribution in [0.25, 0.3) is 10.9 Å². The Morgan fingerprint density at radius 2 is 1.70 bits per heavy atom. The number of benzene rings is 1. The maximum atomic E-state index is 6.16. The predicted molar refractivity (Wildman–Crippen MR) is 96.2 cm³/mol. The lowest BCUT2D eigenvalue weighted by atomic mass is 9.78. The second-order valence-electron chi connectivity index (χ2n) is 7.52. The first-order chi connectivity index (χ1) is 10.7. The highest BCUT2D eigenvalue weighted by Crippen LogP contribution is 2.36. The third-order valence-corrected chi connectivity index (χ3v) is 5.18. The molecule has 0 aliphatic carbocycles. The van der Waals surface area contributed by atoms with Crippen LogP contribution < -0.4 is 5.46 Å². The highest BCUT2D eigenvalue weighted by atomic mass is 16.7. The summed E-state index contributed by atoms with van der Waals surface area (Å²) in [5.41, 5.74) is 3.91. The van der Waals surface area contributed by atoms with Gasteiger partial charge in [0.25, 0.3) is 0 Å². The normalized spacial score (nSPS) is 19.5. The number of rotatable bonds is 3. The molecule has 1 saturated heterocycles. The van der Waals surface area contributed by atoms with Crippen molar-refractivity contribution < 1.29 is 9.31 Å². The topological polar surface area (TPSA) is 31.4 Å². The molecule has 1 aliphatic heterocycles. The number of fused-ring (bicyclic) bond motifs is 1. The van der Waals surface area contributed by atoms with E-state index in [1.165, 1.54) is 5.56 Å². The summed E-state index contributed by atoms with van der Waals surface area (Å²) < 4.78 is 12.3. The largest absolute Gasteiger partial charge is 0.494 e. The SMILES string of the molecule is CCCc1cc2cc(B3OC(C)(C)C(C)(C)O3)ccc2nc1C. The number of hydrogen-bond acceptors (Lipinski definition) is 3. The summed E-state index contributed by atoms with van der Waals surface area (Å²) in [6.07, 6.45) is 2.19. The summed E-state index contributed by atoms with van der Waals surface area (Å²) in [7, 11) is -0.319. The quantitative estimate of drug-likeness (QED) is 0.808. The van der Waals surface area contributed by atoms with E-state index < -0.39 is 0 Å². The Balaban J connectivity index is 1.99. The lowest BCUT2D eigenvalue weighted by Crippen LogP contribution is -2.41. The Labute approximate surface area is 139 Å². The van der Waals surface area contributed by atoms with Gasteiger partial charge in [-0.3, -0.25) is 4.98 Å². The molecule has 2 heterocycles. The molecule has 3 nitrogen and oxygen atoms in total. The van der Waals surface area contributed by atoms with Crippen molar-refractivity contribution in [3.05, 3.63) is 35.5 Å². The van der Waals surface area contributed by atoms with Gasteiger partial charge in [-0.15, -0.1) is 0 Å². The van der Waals surface area contributed by atoms with E-state index in [9.17, 15) is 0 Å². The lowest BCUT2D eigenvalue weighted by molar-refractivity contribution is 0.00578. The molecule has 1 fully saturated rings. The van der Waals surface area contributed by atoms with E-state index in [-0.39, 0.29) is 18.3 Å². The smallest absolute Gasteiger partial charge is 0.399 e. The molecule has 0 amide bonds. The molecule has 0 unspecified atom stereocenters. The third-order valence-electron chi connectivity index (χ3n) is 5.18. The first kappa shape index (κ1) is 16.5. The summed E-state index contributed by atoms with van der Waals surface area (Å²) >= 11 is 0. The lowest BCUT2D eigenvalue weighted by Gasteiger charge is -2.32. The highest BCUT2D eigenvalue weighted by Gasteiger charge is 2.51. The number of hydrogen-bond donors (Lipinski definition) is 0. The van der Waals surface area contributed by atoms with Crippen molar-refractivity contribution in [3.8, 4) is 0 Å². The Morgan fingerprint density at radius 3 is 2.30 bits per heavy atom. The minimum atomic E-state index is -0.319. The first-order valence-corrected chi connectivity index (χ1v) is 8.49. The molecule has 0 radical (unpaired) electrons. The Morgan fingerprint density at radius 1 is 1.04 bits per heavy atom. The van der Waals surface area contributed by atoms with Crippen LogP contribution in [0.1, 0.15) is 52.3 Å². The molecule has 0 atom stereocenters. The van der Waals surface area contributed by atoms with Crippen LogP contribution in [0.5, 0.6) is 0 Å². The van der Waals surface area contributed by atoms with Gasteiger partial charge in [-0.25, -0.2) is 0 Å². The van der Waals surface area contributed by atoms with Crippen molar-refractivity contribution in [3.63, 3.8) is 0 Å². The van der Waals surface area contributed by atoms with Crippen LogP contribution in [0.3, 0.4) is 0 Å². The second-order valence-corrected chi connectivity index (χ2v) is 7.52. The second kappa shape index (κ2) is 5.61. The molecule has 122 valence electrons. The molecular weight excluding hydrogens is 285 g/mol. The number of nitrogens with zero attached hydrogens (tertiary/aromatic N) is 1. The minimum Gasteiger partial charge on any atom is -0.399 e. The zero-order valence-corrected chi connectivity index (χ0v) is 15.1. The molecule has 0 spiro atoms. The third kappa shape index (κ3) is 2.90. The van der Waals surface area contributed by atoms with E-state index in [4.69, 9.17) is 14.3 Å². The average Bonchev–Trinajstić information content (AvgIpc) is 2.68. The van der Waals surface area contributed by atoms with E-state index in [2.05, 4.69) is 65.8 Å². The molecule has 0 saturated carbocycles. The highest BCUT2D eigenvalue weighted by molar-refractivity contribution is 6.62. The summed E-state index contributed by atoms with van der Waals surface area (Å²) in [4.78, 5) is 4.74. The van der Waals surface area contributed by atoms with Crippen LogP contribution in [-0.4, -0.2) is 23.3 Å². The molecule has 4 heteroatoms. The van der Waals surface area contributed by atoms with Gasteiger partial charge in [0.15, 0.2) is 0 Å². The van der Waals surface area contributed by atoms with Crippen molar-refractivity contribution in [1.29, 1.82) is 0 Å². The molecule has 1 aromatic carbocycles. The van der Waals surface area contributed by atoms with Crippen molar-refractivity contribution in [2.24, 2.45) is 0 Å². The van der Waals surface area contributed by atoms with E-state index in [0.29, 0.717) is 0 Å². The number of aromatic nitrogens is 1. The van der Waals surface area contributed by atoms with Crippen LogP contribution >= 0.6 is 0 Å². The summed E-state index contributed by atoms with van der Waals surface area (Å²) in [6, 6.07) is 8.55. The van der Waals surface area contributed by atoms with Gasteiger partial charge < -0.3 is 9.31 Å². The first-order valence-electron chi connectivity index (χ1n) is 8.49. The van der Waals surface area contributed by atoms with E-state index in [1.54, 1.807) is 0 Å². The van der Waals surface area contributed by atoms with Crippen molar-refractivity contribution in [2.75, 3.05) is 0 Å². The van der Waals surface area contributed by atoms with Gasteiger partial charge in [-0.2, -0.15) is 0 Å². The van der Waals surface area contributed by atoms with Gasteiger partial charge in [-0.05, 0) is 64.2 Å². The fourth-order valence-electron chi connectivity index (χ4n) is 2.98. The summed E-state index contributed by atoms with van der Waals surface area (Å²) in [5.74, 6) is 0. The van der Waals surface area contributed by atoms with Crippen molar-refractivity contribution in [1.82, 2.24) is 4.98 Å². The Kier molecular flexibility index (Phi) is 4.01. The fourth-order valence-corrected chi connectivity index (χ4v) is 2.98. The Bertz CT molecular complexity index is 723. The van der Waals surface area contributed by atoms with E-state index >= 15 is 0 Å². The molecule has 3 rings (SSSR count). The zero-order chi connectivity index (χ0) is 16.8. The van der Waals surface area contributed by atoms with Crippen molar-refractivity contribution >= 4 is 23.5 Å². The fraction of sp³-hybridized carbons (Fsp3) is 0.526. The van der Waals surface area contributed by atoms with Crippen LogP contribution in [0.4, 0.5) is 0 Å². The van der Waals surface area contributed by atoms with Gasteiger partial charge in [0.1, 0.15) is 0 Å². The molecule has 2 aromatic rings. The predicted octanol–water partition coefficient (Wildman–Crippen LogP) is 3.79. The van der Waals surface area contributed by atoms with Gasteiger partial charge in [0.2, 0.25) is 0 Å². The van der Waals surface area contributed by atoms with E-state index in [0.717, 1.165) is 34.9 Å². The molecule has 23 heavy (non-hydrogen) atoms. The summed E-state index contributed by atoms with van der Waals surface area (Å²) in [5, 5.41) is 1.16. The monoisotopic (exact) mass is 311 g/mol. The van der Waals surface area contributed by atoms with Crippen LogP contribution in [0.2, 0.25) is 0 Å². The van der Waals surface area contributed by atoms with Crippen LogP contribution in [0.15, 0.2) is 24.3 Å². The minimum absolute atomic E-state index is 0.314. The molecule has 0 bridgehead atoms. The van der Waals surface area contributed by atoms with Gasteiger partial charge in [0.05, 0.1) is 16.7 Å². The van der Waals surface area contributed by atoms with E-state index in [1.807, 2.05) is 0 Å². The number of pyridine rings is 1. The van der Waals surface area contributed by atoms with Gasteiger partial charge >= 0.3 is 7.12 Å². The molecule has 1 aromatic heterocycles. The Hall–Kier alpha value is -1.39. The maximum absolute atomic E-state index is 6.16. The number of aryl methyl sites for hydroxylation is 2. The zero-order valence-electron chi connectivity index (χ0n) is 15.1.